The summed E-state index contributed by atoms with van der Waals surface area (Å²) in [4.78, 5) is 22.8. The number of carbonyl (C=O) groups is 2. The Morgan fingerprint density at radius 1 is 1.38 bits per heavy atom. The van der Waals surface area contributed by atoms with E-state index < -0.39 is 5.92 Å². The smallest absolute Gasteiger partial charge is 0.173 e. The van der Waals surface area contributed by atoms with Gasteiger partial charge in [0.15, 0.2) is 5.78 Å². The Bertz CT molecular complexity index is 432. The highest BCUT2D eigenvalue weighted by Gasteiger charge is 2.27. The maximum absolute atomic E-state index is 12.0. The van der Waals surface area contributed by atoms with Crippen LogP contribution < -0.4 is 0 Å². The molecule has 2 nitrogen and oxygen atoms in total. The molecule has 0 radical (unpaired) electrons. The molecule has 0 heterocycles. The van der Waals surface area contributed by atoms with Crippen molar-refractivity contribution in [2.75, 3.05) is 0 Å². The van der Waals surface area contributed by atoms with Crippen LogP contribution in [0.3, 0.4) is 0 Å². The van der Waals surface area contributed by atoms with Crippen LogP contribution in [-0.2, 0) is 11.2 Å². The van der Waals surface area contributed by atoms with Gasteiger partial charge in [-0.25, -0.2) is 0 Å². The van der Waals surface area contributed by atoms with E-state index in [4.69, 9.17) is 0 Å². The van der Waals surface area contributed by atoms with Gasteiger partial charge in [-0.05, 0) is 36.0 Å². The highest BCUT2D eigenvalue weighted by Crippen LogP contribution is 2.27. The standard InChI is InChI=1S/C14H16O2/c1-9(2)11-5-3-10-4-6-12(8-15)14(16)13(10)7-11/h3,5,7-9,12H,4,6H2,1-2H3. The predicted molar refractivity (Wildman–Crippen MR) is 62.7 cm³/mol. The zero-order valence-corrected chi connectivity index (χ0v) is 9.69. The second-order valence-electron chi connectivity index (χ2n) is 4.72. The number of rotatable bonds is 2. The molecule has 84 valence electrons. The first-order valence-corrected chi connectivity index (χ1v) is 5.76. The van der Waals surface area contributed by atoms with Crippen LogP contribution in [0.1, 0.15) is 47.7 Å². The number of carbonyl (C=O) groups excluding carboxylic acids is 2. The predicted octanol–water partition coefficient (Wildman–Crippen LogP) is 2.75. The Morgan fingerprint density at radius 2 is 2.12 bits per heavy atom. The van der Waals surface area contributed by atoms with Crippen LogP contribution in [0.15, 0.2) is 18.2 Å². The summed E-state index contributed by atoms with van der Waals surface area (Å²) in [6.45, 7) is 4.21. The monoisotopic (exact) mass is 216 g/mol. The molecule has 0 bridgehead atoms. The summed E-state index contributed by atoms with van der Waals surface area (Å²) in [7, 11) is 0. The summed E-state index contributed by atoms with van der Waals surface area (Å²) >= 11 is 0. The van der Waals surface area contributed by atoms with Crippen LogP contribution in [0.5, 0.6) is 0 Å². The summed E-state index contributed by atoms with van der Waals surface area (Å²) in [6, 6.07) is 6.07. The Kier molecular flexibility index (Phi) is 2.90. The molecule has 0 saturated carbocycles. The number of hydrogen-bond acceptors (Lipinski definition) is 2. The van der Waals surface area contributed by atoms with Crippen LogP contribution in [0.2, 0.25) is 0 Å². The van der Waals surface area contributed by atoms with Crippen molar-refractivity contribution in [3.63, 3.8) is 0 Å². The molecule has 0 fully saturated rings. The van der Waals surface area contributed by atoms with Gasteiger partial charge in [0.25, 0.3) is 0 Å². The number of ketones is 1. The van der Waals surface area contributed by atoms with Gasteiger partial charge in [-0.1, -0.05) is 26.0 Å². The number of hydrogen-bond donors (Lipinski definition) is 0. The lowest BCUT2D eigenvalue weighted by Crippen LogP contribution is -2.23. The van der Waals surface area contributed by atoms with Gasteiger partial charge < -0.3 is 4.79 Å². The number of aryl methyl sites for hydroxylation is 1. The molecule has 1 aliphatic carbocycles. The molecular weight excluding hydrogens is 200 g/mol. The summed E-state index contributed by atoms with van der Waals surface area (Å²) in [6.07, 6.45) is 2.28. The first-order valence-electron chi connectivity index (χ1n) is 5.76. The molecule has 1 aromatic rings. The van der Waals surface area contributed by atoms with Crippen molar-refractivity contribution < 1.29 is 9.59 Å². The van der Waals surface area contributed by atoms with Crippen molar-refractivity contribution in [1.29, 1.82) is 0 Å². The van der Waals surface area contributed by atoms with Gasteiger partial charge in [0, 0.05) is 5.56 Å². The van der Waals surface area contributed by atoms with Crippen molar-refractivity contribution in [3.05, 3.63) is 34.9 Å². The summed E-state index contributed by atoms with van der Waals surface area (Å²) < 4.78 is 0. The zero-order valence-electron chi connectivity index (χ0n) is 9.69. The highest BCUT2D eigenvalue weighted by atomic mass is 16.1. The van der Waals surface area contributed by atoms with E-state index in [1.807, 2.05) is 12.1 Å². The summed E-state index contributed by atoms with van der Waals surface area (Å²) in [5, 5.41) is 0. The van der Waals surface area contributed by atoms with Gasteiger partial charge in [-0.2, -0.15) is 0 Å². The van der Waals surface area contributed by atoms with Crippen LogP contribution in [-0.4, -0.2) is 12.1 Å². The zero-order chi connectivity index (χ0) is 11.7. The molecule has 16 heavy (non-hydrogen) atoms. The minimum Gasteiger partial charge on any atom is -0.303 e. The molecule has 0 aliphatic heterocycles. The van der Waals surface area contributed by atoms with Crippen molar-refractivity contribution in [1.82, 2.24) is 0 Å². The molecule has 0 spiro atoms. The average molecular weight is 216 g/mol. The van der Waals surface area contributed by atoms with Gasteiger partial charge in [-0.3, -0.25) is 4.79 Å². The van der Waals surface area contributed by atoms with Crippen LogP contribution in [0.25, 0.3) is 0 Å². The van der Waals surface area contributed by atoms with Crippen molar-refractivity contribution >= 4 is 12.1 Å². The quantitative estimate of drug-likeness (QED) is 0.562. The molecule has 2 rings (SSSR count). The molecule has 0 amide bonds. The lowest BCUT2D eigenvalue weighted by molar-refractivity contribution is -0.110. The molecule has 0 aromatic heterocycles. The highest BCUT2D eigenvalue weighted by molar-refractivity contribution is 6.07. The molecule has 0 N–H and O–H groups in total. The SMILES string of the molecule is CC(C)c1ccc2c(c1)C(=O)C(C=O)CC2. The Labute approximate surface area is 95.7 Å². The minimum atomic E-state index is -0.421. The Hall–Kier alpha value is -1.44. The normalized spacial score (nSPS) is 19.7. The van der Waals surface area contributed by atoms with Crippen molar-refractivity contribution in [3.8, 4) is 0 Å². The fourth-order valence-corrected chi connectivity index (χ4v) is 2.17. The van der Waals surface area contributed by atoms with Gasteiger partial charge in [0.2, 0.25) is 0 Å². The fraction of sp³-hybridized carbons (Fsp3) is 0.429. The Morgan fingerprint density at radius 3 is 2.75 bits per heavy atom. The van der Waals surface area contributed by atoms with Crippen LogP contribution >= 0.6 is 0 Å². The second-order valence-corrected chi connectivity index (χ2v) is 4.72. The number of fused-ring (bicyclic) bond motifs is 1. The summed E-state index contributed by atoms with van der Waals surface area (Å²) in [5.74, 6) is -0.0108. The first-order chi connectivity index (χ1) is 7.63. The maximum Gasteiger partial charge on any atom is 0.173 e. The molecular formula is C14H16O2. The van der Waals surface area contributed by atoms with E-state index in [9.17, 15) is 9.59 Å². The Balaban J connectivity index is 2.44. The second kappa shape index (κ2) is 4.20. The summed E-state index contributed by atoms with van der Waals surface area (Å²) in [5.41, 5.74) is 3.01. The topological polar surface area (TPSA) is 34.1 Å². The number of Topliss-reactive ketones (excluding diaryl/α,β-unsaturated/α-hetero) is 1. The fourth-order valence-electron chi connectivity index (χ4n) is 2.17. The third-order valence-electron chi connectivity index (χ3n) is 3.29. The van der Waals surface area contributed by atoms with E-state index in [0.29, 0.717) is 12.3 Å². The van der Waals surface area contributed by atoms with E-state index in [0.717, 1.165) is 23.8 Å². The minimum absolute atomic E-state index is 0.00116. The van der Waals surface area contributed by atoms with Gasteiger partial charge in [-0.15, -0.1) is 0 Å². The van der Waals surface area contributed by atoms with Crippen LogP contribution in [0.4, 0.5) is 0 Å². The lowest BCUT2D eigenvalue weighted by Gasteiger charge is -2.20. The van der Waals surface area contributed by atoms with E-state index in [1.165, 1.54) is 5.56 Å². The van der Waals surface area contributed by atoms with Gasteiger partial charge >= 0.3 is 0 Å². The largest absolute Gasteiger partial charge is 0.303 e. The van der Waals surface area contributed by atoms with Crippen molar-refractivity contribution in [2.45, 2.75) is 32.6 Å². The lowest BCUT2D eigenvalue weighted by atomic mass is 9.82. The average Bonchev–Trinajstić information content (AvgIpc) is 2.29. The molecule has 2 heteroatoms. The third kappa shape index (κ3) is 1.80. The number of benzene rings is 1. The van der Waals surface area contributed by atoms with Crippen molar-refractivity contribution in [2.24, 2.45) is 5.92 Å². The van der Waals surface area contributed by atoms with E-state index >= 15 is 0 Å². The first kappa shape index (κ1) is 11.1. The van der Waals surface area contributed by atoms with E-state index in [1.54, 1.807) is 0 Å². The molecule has 1 unspecified atom stereocenters. The van der Waals surface area contributed by atoms with E-state index in [2.05, 4.69) is 19.9 Å². The van der Waals surface area contributed by atoms with Gasteiger partial charge in [0.05, 0.1) is 5.92 Å². The van der Waals surface area contributed by atoms with Crippen LogP contribution in [0, 0.1) is 5.92 Å². The molecule has 1 aromatic carbocycles. The molecule has 1 aliphatic rings. The van der Waals surface area contributed by atoms with E-state index in [-0.39, 0.29) is 5.78 Å². The maximum atomic E-state index is 12.0. The number of aldehydes is 1. The molecule has 1 atom stereocenters. The van der Waals surface area contributed by atoms with Gasteiger partial charge in [0.1, 0.15) is 6.29 Å². The third-order valence-corrected chi connectivity index (χ3v) is 3.29. The molecule has 0 saturated heterocycles.